The third-order valence-corrected chi connectivity index (χ3v) is 4.86. The van der Waals surface area contributed by atoms with Crippen molar-refractivity contribution >= 4 is 34.0 Å². The summed E-state index contributed by atoms with van der Waals surface area (Å²) in [6.45, 7) is 0. The number of aromatic nitrogens is 3. The number of hydrogen-bond donors (Lipinski definition) is 1. The molecule has 0 aromatic carbocycles. The summed E-state index contributed by atoms with van der Waals surface area (Å²) in [6.07, 6.45) is 3.42. The van der Waals surface area contributed by atoms with Crippen molar-refractivity contribution in [2.75, 3.05) is 5.75 Å². The van der Waals surface area contributed by atoms with Gasteiger partial charge in [-0.2, -0.15) is 9.61 Å². The quantitative estimate of drug-likeness (QED) is 0.868. The van der Waals surface area contributed by atoms with E-state index in [1.54, 1.807) is 0 Å². The summed E-state index contributed by atoms with van der Waals surface area (Å²) in [5.41, 5.74) is 0.419. The Hall–Kier alpha value is -1.41. The van der Waals surface area contributed by atoms with Crippen molar-refractivity contribution in [2.24, 2.45) is 5.92 Å². The minimum Gasteiger partial charge on any atom is -0.481 e. The number of nitrogens with zero attached hydrogens (tertiary/aromatic N) is 3. The normalized spacial score (nSPS) is 14.8. The second kappa shape index (κ2) is 5.53. The van der Waals surface area contributed by atoms with Gasteiger partial charge in [0.1, 0.15) is 5.01 Å². The average Bonchev–Trinajstić information content (AvgIpc) is 3.07. The maximum absolute atomic E-state index is 12.0. The predicted molar refractivity (Wildman–Crippen MR) is 77.4 cm³/mol. The summed E-state index contributed by atoms with van der Waals surface area (Å²) < 4.78 is 1.34. The molecule has 0 radical (unpaired) electrons. The molecule has 2 aromatic rings. The first-order chi connectivity index (χ1) is 9.61. The Morgan fingerprint density at radius 2 is 2.35 bits per heavy atom. The Balaban J connectivity index is 1.80. The number of fused-ring (bicyclic) bond motifs is 1. The van der Waals surface area contributed by atoms with Gasteiger partial charge in [-0.25, -0.2) is 4.98 Å². The highest BCUT2D eigenvalue weighted by molar-refractivity contribution is 7.99. The largest absolute Gasteiger partial charge is 0.481 e. The number of rotatable bonds is 6. The lowest BCUT2D eigenvalue weighted by Crippen LogP contribution is -2.15. The van der Waals surface area contributed by atoms with Crippen LogP contribution in [0.15, 0.2) is 10.9 Å². The lowest BCUT2D eigenvalue weighted by atomic mass is 10.3. The van der Waals surface area contributed by atoms with E-state index in [-0.39, 0.29) is 11.3 Å². The topological polar surface area (TPSA) is 84.6 Å². The van der Waals surface area contributed by atoms with Gasteiger partial charge in [0.05, 0.1) is 11.4 Å². The Labute approximate surface area is 122 Å². The Bertz CT molecular complexity index is 706. The molecule has 0 aliphatic heterocycles. The van der Waals surface area contributed by atoms with Crippen LogP contribution in [0.1, 0.15) is 23.5 Å². The molecular weight excluding hydrogens is 298 g/mol. The molecule has 3 rings (SSSR count). The van der Waals surface area contributed by atoms with E-state index in [0.717, 1.165) is 17.3 Å². The van der Waals surface area contributed by atoms with Crippen LogP contribution < -0.4 is 5.56 Å². The minimum absolute atomic E-state index is 0.0106. The molecule has 1 N–H and O–H groups in total. The van der Waals surface area contributed by atoms with Crippen LogP contribution in [0.25, 0.3) is 4.96 Å². The van der Waals surface area contributed by atoms with Gasteiger partial charge < -0.3 is 5.11 Å². The van der Waals surface area contributed by atoms with Crippen molar-refractivity contribution in [2.45, 2.75) is 25.0 Å². The van der Waals surface area contributed by atoms with E-state index in [0.29, 0.717) is 16.4 Å². The third kappa shape index (κ3) is 3.18. The lowest BCUT2D eigenvalue weighted by molar-refractivity contribution is -0.133. The zero-order valence-corrected chi connectivity index (χ0v) is 12.2. The molecule has 6 nitrogen and oxygen atoms in total. The van der Waals surface area contributed by atoms with Crippen molar-refractivity contribution in [3.63, 3.8) is 0 Å². The molecule has 2 heterocycles. The molecule has 1 aliphatic rings. The molecule has 8 heteroatoms. The highest BCUT2D eigenvalue weighted by atomic mass is 32.2. The van der Waals surface area contributed by atoms with E-state index in [4.69, 9.17) is 5.11 Å². The zero-order chi connectivity index (χ0) is 14.1. The molecule has 0 bridgehead atoms. The Morgan fingerprint density at radius 1 is 1.55 bits per heavy atom. The molecule has 1 aliphatic carbocycles. The summed E-state index contributed by atoms with van der Waals surface area (Å²) >= 11 is 2.68. The van der Waals surface area contributed by atoms with Crippen LogP contribution >= 0.6 is 23.1 Å². The monoisotopic (exact) mass is 311 g/mol. The van der Waals surface area contributed by atoms with E-state index in [2.05, 4.69) is 10.1 Å². The fourth-order valence-electron chi connectivity index (χ4n) is 1.86. The molecule has 0 saturated heterocycles. The minimum atomic E-state index is -0.864. The highest BCUT2D eigenvalue weighted by Crippen LogP contribution is 2.33. The van der Waals surface area contributed by atoms with Crippen molar-refractivity contribution in [1.29, 1.82) is 0 Å². The molecule has 0 spiro atoms. The zero-order valence-electron chi connectivity index (χ0n) is 10.6. The molecular formula is C12H13N3O3S2. The standard InChI is InChI=1S/C12H13N3O3S2/c16-10-4-8(5-19-6-11(17)18)13-12-15(10)14-9(20-12)3-7-1-2-7/h4,7H,1-3,5-6H2,(H,17,18). The van der Waals surface area contributed by atoms with Gasteiger partial charge in [0.25, 0.3) is 5.56 Å². The fourth-order valence-corrected chi connectivity index (χ4v) is 3.53. The molecule has 0 amide bonds. The number of hydrogen-bond acceptors (Lipinski definition) is 6. The van der Waals surface area contributed by atoms with Crippen LogP contribution in [0.2, 0.25) is 0 Å². The van der Waals surface area contributed by atoms with E-state index < -0.39 is 5.97 Å². The van der Waals surface area contributed by atoms with E-state index in [1.807, 2.05) is 0 Å². The van der Waals surface area contributed by atoms with Gasteiger partial charge in [-0.1, -0.05) is 11.3 Å². The molecule has 0 unspecified atom stereocenters. The Morgan fingerprint density at radius 3 is 3.05 bits per heavy atom. The van der Waals surface area contributed by atoms with Crippen molar-refractivity contribution in [3.8, 4) is 0 Å². The molecule has 1 saturated carbocycles. The van der Waals surface area contributed by atoms with Crippen LogP contribution in [0.4, 0.5) is 0 Å². The number of carboxylic acids is 1. The second-order valence-corrected chi connectivity index (χ2v) is 6.84. The summed E-state index contributed by atoms with van der Waals surface area (Å²) in [5.74, 6) is 0.291. The lowest BCUT2D eigenvalue weighted by Gasteiger charge is -1.98. The van der Waals surface area contributed by atoms with Crippen molar-refractivity contribution in [3.05, 3.63) is 27.1 Å². The van der Waals surface area contributed by atoms with Crippen LogP contribution in [-0.2, 0) is 17.0 Å². The predicted octanol–water partition coefficient (Wildman–Crippen LogP) is 1.42. The maximum Gasteiger partial charge on any atom is 0.313 e. The molecule has 20 heavy (non-hydrogen) atoms. The van der Waals surface area contributed by atoms with Gasteiger partial charge in [0, 0.05) is 18.2 Å². The molecule has 106 valence electrons. The van der Waals surface area contributed by atoms with Gasteiger partial charge in [-0.15, -0.1) is 11.8 Å². The molecule has 0 atom stereocenters. The van der Waals surface area contributed by atoms with E-state index in [9.17, 15) is 9.59 Å². The van der Waals surface area contributed by atoms with Gasteiger partial charge in [0.2, 0.25) is 4.96 Å². The van der Waals surface area contributed by atoms with Crippen LogP contribution in [0.3, 0.4) is 0 Å². The maximum atomic E-state index is 12.0. The first-order valence-corrected chi connectivity index (χ1v) is 8.27. The smallest absolute Gasteiger partial charge is 0.313 e. The highest BCUT2D eigenvalue weighted by Gasteiger charge is 2.23. The van der Waals surface area contributed by atoms with Crippen molar-refractivity contribution < 1.29 is 9.90 Å². The van der Waals surface area contributed by atoms with Crippen LogP contribution in [0, 0.1) is 5.92 Å². The number of carboxylic acid groups (broad SMARTS) is 1. The third-order valence-electron chi connectivity index (χ3n) is 2.98. The van der Waals surface area contributed by atoms with Crippen LogP contribution in [-0.4, -0.2) is 31.4 Å². The number of thioether (sulfide) groups is 1. The van der Waals surface area contributed by atoms with Gasteiger partial charge in [-0.05, 0) is 18.8 Å². The number of aliphatic carboxylic acids is 1. The first-order valence-electron chi connectivity index (χ1n) is 6.30. The summed E-state index contributed by atoms with van der Waals surface area (Å²) in [7, 11) is 0. The van der Waals surface area contributed by atoms with Gasteiger partial charge in [0.15, 0.2) is 0 Å². The molecule has 1 fully saturated rings. The summed E-state index contributed by atoms with van der Waals surface area (Å²) in [4.78, 5) is 27.4. The summed E-state index contributed by atoms with van der Waals surface area (Å²) in [6, 6.07) is 1.43. The van der Waals surface area contributed by atoms with Gasteiger partial charge in [-0.3, -0.25) is 9.59 Å². The Kier molecular flexibility index (Phi) is 3.75. The van der Waals surface area contributed by atoms with E-state index >= 15 is 0 Å². The molecule has 2 aromatic heterocycles. The van der Waals surface area contributed by atoms with Gasteiger partial charge >= 0.3 is 5.97 Å². The second-order valence-electron chi connectivity index (χ2n) is 4.81. The summed E-state index contributed by atoms with van der Waals surface area (Å²) in [5, 5.41) is 13.8. The first kappa shape index (κ1) is 13.6. The van der Waals surface area contributed by atoms with Crippen molar-refractivity contribution in [1.82, 2.24) is 14.6 Å². The SMILES string of the molecule is O=C(O)CSCc1cc(=O)n2nc(CC3CC3)sc2n1. The van der Waals surface area contributed by atoms with E-state index in [1.165, 1.54) is 46.5 Å². The number of carbonyl (C=O) groups is 1. The average molecular weight is 311 g/mol. The fraction of sp³-hybridized carbons (Fsp3) is 0.500. The van der Waals surface area contributed by atoms with Crippen LogP contribution in [0.5, 0.6) is 0 Å².